The fraction of sp³-hybridized carbons (Fsp3) is 0.462. The Morgan fingerprint density at radius 1 is 1.45 bits per heavy atom. The zero-order valence-corrected chi connectivity index (χ0v) is 13.6. The van der Waals surface area contributed by atoms with Gasteiger partial charge >= 0.3 is 0 Å². The lowest BCUT2D eigenvalue weighted by molar-refractivity contribution is 0.0952. The van der Waals surface area contributed by atoms with Gasteiger partial charge in [-0.1, -0.05) is 28.8 Å². The first kappa shape index (κ1) is 15.5. The summed E-state index contributed by atoms with van der Waals surface area (Å²) in [6, 6.07) is 2.73. The van der Waals surface area contributed by atoms with E-state index in [2.05, 4.69) is 21.2 Å². The van der Waals surface area contributed by atoms with Crippen LogP contribution in [0.5, 0.6) is 0 Å². The molecule has 0 saturated heterocycles. The molecule has 1 amide bonds. The molecule has 0 atom stereocenters. The topological polar surface area (TPSA) is 89.3 Å². The minimum atomic E-state index is -3.83. The largest absolute Gasteiger partial charge is 0.352 e. The first-order valence-electron chi connectivity index (χ1n) is 6.40. The molecule has 0 aliphatic heterocycles. The summed E-state index contributed by atoms with van der Waals surface area (Å²) in [5.41, 5.74) is 1.03. The van der Waals surface area contributed by atoms with Crippen molar-refractivity contribution >= 4 is 31.9 Å². The smallest absolute Gasteiger partial charge is 0.251 e. The van der Waals surface area contributed by atoms with E-state index in [-0.39, 0.29) is 10.8 Å². The number of primary sulfonamides is 1. The van der Waals surface area contributed by atoms with E-state index in [1.165, 1.54) is 25.0 Å². The van der Waals surface area contributed by atoms with E-state index in [0.717, 1.165) is 12.3 Å². The van der Waals surface area contributed by atoms with Crippen LogP contribution in [0.4, 0.5) is 0 Å². The first-order chi connectivity index (χ1) is 9.29. The molecule has 0 aromatic heterocycles. The van der Waals surface area contributed by atoms with Crippen molar-refractivity contribution in [1.82, 2.24) is 5.32 Å². The van der Waals surface area contributed by atoms with Crippen molar-refractivity contribution in [3.8, 4) is 0 Å². The normalized spacial score (nSPS) is 15.2. The standard InChI is InChI=1S/C13H17BrN2O3S/c1-8-11(13(17)16-5-4-9-2-3-9)6-10(7-12(8)14)20(15,18)19/h6-7,9H,2-5H2,1H3,(H,16,17)(H2,15,18,19). The zero-order chi connectivity index (χ0) is 14.9. The SMILES string of the molecule is Cc1c(Br)cc(S(N)(=O)=O)cc1C(=O)NCCC1CC1. The van der Waals surface area contributed by atoms with Gasteiger partial charge in [-0.05, 0) is 37.0 Å². The molecule has 1 fully saturated rings. The molecule has 2 rings (SSSR count). The van der Waals surface area contributed by atoms with Gasteiger partial charge in [0.15, 0.2) is 0 Å². The molecule has 0 spiro atoms. The molecule has 5 nitrogen and oxygen atoms in total. The van der Waals surface area contributed by atoms with Gasteiger partial charge in [0.2, 0.25) is 10.0 Å². The van der Waals surface area contributed by atoms with Crippen LogP contribution in [0.25, 0.3) is 0 Å². The fourth-order valence-electron chi connectivity index (χ4n) is 1.95. The summed E-state index contributed by atoms with van der Waals surface area (Å²) in [4.78, 5) is 12.1. The number of nitrogens with one attached hydrogen (secondary N) is 1. The molecule has 1 aliphatic rings. The summed E-state index contributed by atoms with van der Waals surface area (Å²) in [5, 5.41) is 7.93. The zero-order valence-electron chi connectivity index (χ0n) is 11.1. The lowest BCUT2D eigenvalue weighted by atomic mass is 10.1. The van der Waals surface area contributed by atoms with Crippen LogP contribution in [-0.2, 0) is 10.0 Å². The summed E-state index contributed by atoms with van der Waals surface area (Å²) in [6.07, 6.45) is 3.45. The number of nitrogens with two attached hydrogens (primary N) is 1. The third-order valence-corrected chi connectivity index (χ3v) is 5.14. The van der Waals surface area contributed by atoms with E-state index in [1.54, 1.807) is 6.92 Å². The van der Waals surface area contributed by atoms with Gasteiger partial charge in [0.1, 0.15) is 0 Å². The molecule has 0 radical (unpaired) electrons. The molecule has 1 saturated carbocycles. The molecular formula is C13H17BrN2O3S. The minimum Gasteiger partial charge on any atom is -0.352 e. The molecule has 0 heterocycles. The number of amides is 1. The Balaban J connectivity index is 2.20. The Bertz CT molecular complexity index is 639. The molecular weight excluding hydrogens is 344 g/mol. The molecule has 1 aromatic rings. The molecule has 1 aromatic carbocycles. The second-order valence-electron chi connectivity index (χ2n) is 5.11. The maximum atomic E-state index is 12.1. The van der Waals surface area contributed by atoms with E-state index >= 15 is 0 Å². The Hall–Kier alpha value is -0.920. The molecule has 110 valence electrons. The number of hydrogen-bond donors (Lipinski definition) is 2. The number of rotatable bonds is 5. The van der Waals surface area contributed by atoms with Crippen LogP contribution in [0.3, 0.4) is 0 Å². The molecule has 7 heteroatoms. The highest BCUT2D eigenvalue weighted by molar-refractivity contribution is 9.10. The summed E-state index contributed by atoms with van der Waals surface area (Å²) in [6.45, 7) is 2.37. The lowest BCUT2D eigenvalue weighted by Crippen LogP contribution is -2.26. The number of benzene rings is 1. The van der Waals surface area contributed by atoms with Crippen molar-refractivity contribution in [1.29, 1.82) is 0 Å². The monoisotopic (exact) mass is 360 g/mol. The predicted octanol–water partition coefficient (Wildman–Crippen LogP) is 1.93. The minimum absolute atomic E-state index is 0.0673. The van der Waals surface area contributed by atoms with Crippen molar-refractivity contribution in [2.24, 2.45) is 11.1 Å². The Morgan fingerprint density at radius 3 is 2.65 bits per heavy atom. The lowest BCUT2D eigenvalue weighted by Gasteiger charge is -2.11. The van der Waals surface area contributed by atoms with Gasteiger partial charge in [-0.2, -0.15) is 0 Å². The second-order valence-corrected chi connectivity index (χ2v) is 7.53. The van der Waals surface area contributed by atoms with E-state index in [0.29, 0.717) is 22.1 Å². The molecule has 3 N–H and O–H groups in total. The maximum absolute atomic E-state index is 12.1. The number of carbonyl (C=O) groups is 1. The highest BCUT2D eigenvalue weighted by Gasteiger charge is 2.21. The third kappa shape index (κ3) is 3.80. The summed E-state index contributed by atoms with van der Waals surface area (Å²) in [5.74, 6) is 0.466. The van der Waals surface area contributed by atoms with Crippen LogP contribution < -0.4 is 10.5 Å². The van der Waals surface area contributed by atoms with Gasteiger partial charge in [0, 0.05) is 16.6 Å². The number of sulfonamides is 1. The van der Waals surface area contributed by atoms with E-state index in [9.17, 15) is 13.2 Å². The molecule has 0 unspecified atom stereocenters. The van der Waals surface area contributed by atoms with Gasteiger partial charge in [0.25, 0.3) is 5.91 Å². The average molecular weight is 361 g/mol. The van der Waals surface area contributed by atoms with Crippen LogP contribution in [0.2, 0.25) is 0 Å². The van der Waals surface area contributed by atoms with Gasteiger partial charge in [-0.25, -0.2) is 13.6 Å². The van der Waals surface area contributed by atoms with Gasteiger partial charge in [-0.3, -0.25) is 4.79 Å². The van der Waals surface area contributed by atoms with Crippen LogP contribution >= 0.6 is 15.9 Å². The van der Waals surface area contributed by atoms with Crippen molar-refractivity contribution < 1.29 is 13.2 Å². The predicted molar refractivity (Wildman–Crippen MR) is 79.9 cm³/mol. The Labute approximate surface area is 127 Å². The van der Waals surface area contributed by atoms with E-state index in [4.69, 9.17) is 5.14 Å². The van der Waals surface area contributed by atoms with Crippen molar-refractivity contribution in [3.63, 3.8) is 0 Å². The summed E-state index contributed by atoms with van der Waals surface area (Å²) < 4.78 is 23.4. The molecule has 20 heavy (non-hydrogen) atoms. The Kier molecular flexibility index (Phi) is 4.51. The van der Waals surface area contributed by atoms with Crippen LogP contribution in [-0.4, -0.2) is 20.9 Å². The van der Waals surface area contributed by atoms with Crippen LogP contribution in [0.1, 0.15) is 35.2 Å². The molecule has 1 aliphatic carbocycles. The highest BCUT2D eigenvalue weighted by Crippen LogP contribution is 2.31. The summed E-state index contributed by atoms with van der Waals surface area (Å²) in [7, 11) is -3.83. The van der Waals surface area contributed by atoms with Gasteiger partial charge in [-0.15, -0.1) is 0 Å². The number of carbonyl (C=O) groups excluding carboxylic acids is 1. The first-order valence-corrected chi connectivity index (χ1v) is 8.74. The number of hydrogen-bond acceptors (Lipinski definition) is 3. The van der Waals surface area contributed by atoms with E-state index < -0.39 is 10.0 Å². The number of halogens is 1. The highest BCUT2D eigenvalue weighted by atomic mass is 79.9. The van der Waals surface area contributed by atoms with Crippen LogP contribution in [0, 0.1) is 12.8 Å². The second kappa shape index (κ2) is 5.83. The van der Waals surface area contributed by atoms with Crippen LogP contribution in [0.15, 0.2) is 21.5 Å². The quantitative estimate of drug-likeness (QED) is 0.840. The van der Waals surface area contributed by atoms with Gasteiger partial charge < -0.3 is 5.32 Å². The van der Waals surface area contributed by atoms with Crippen molar-refractivity contribution in [3.05, 3.63) is 27.7 Å². The maximum Gasteiger partial charge on any atom is 0.251 e. The van der Waals surface area contributed by atoms with Crippen molar-refractivity contribution in [2.75, 3.05) is 6.54 Å². The van der Waals surface area contributed by atoms with Crippen molar-refractivity contribution in [2.45, 2.75) is 31.1 Å². The fourth-order valence-corrected chi connectivity index (χ4v) is 3.12. The Morgan fingerprint density at radius 2 is 2.10 bits per heavy atom. The third-order valence-electron chi connectivity index (χ3n) is 3.43. The summed E-state index contributed by atoms with van der Waals surface area (Å²) >= 11 is 3.26. The van der Waals surface area contributed by atoms with Gasteiger partial charge in [0.05, 0.1) is 4.90 Å². The van der Waals surface area contributed by atoms with E-state index in [1.807, 2.05) is 0 Å². The average Bonchev–Trinajstić information content (AvgIpc) is 3.15. The molecule has 0 bridgehead atoms.